The predicted molar refractivity (Wildman–Crippen MR) is 148 cm³/mol. The predicted octanol–water partition coefficient (Wildman–Crippen LogP) is 6.87. The molecule has 0 bridgehead atoms. The van der Waals surface area contributed by atoms with Crippen LogP contribution in [0.5, 0.6) is 0 Å². The van der Waals surface area contributed by atoms with Crippen LogP contribution in [0.2, 0.25) is 0 Å². The Labute approximate surface area is 212 Å². The molecule has 5 aromatic rings. The minimum absolute atomic E-state index is 0.0931. The molecule has 0 saturated carbocycles. The molecule has 6 heteroatoms. The Kier molecular flexibility index (Phi) is 6.39. The average molecular weight is 527 g/mol. The Balaban J connectivity index is 1.62. The molecule has 0 aliphatic carbocycles. The molecule has 176 valence electrons. The first kappa shape index (κ1) is 23.2. The Bertz CT molecular complexity index is 1630. The maximum Gasteiger partial charge on any atom is 0.282 e. The van der Waals surface area contributed by atoms with E-state index < -0.39 is 0 Å². The van der Waals surface area contributed by atoms with Crippen molar-refractivity contribution < 1.29 is 0 Å². The van der Waals surface area contributed by atoms with E-state index in [-0.39, 0.29) is 11.5 Å². The van der Waals surface area contributed by atoms with Crippen LogP contribution in [0, 0.1) is 6.92 Å². The number of para-hydroxylation sites is 1. The average Bonchev–Trinajstić information content (AvgIpc) is 3.20. The van der Waals surface area contributed by atoms with Crippen molar-refractivity contribution in [2.75, 3.05) is 0 Å². The normalized spacial score (nSPS) is 12.7. The summed E-state index contributed by atoms with van der Waals surface area (Å²) in [4.78, 5) is 18.3. The summed E-state index contributed by atoms with van der Waals surface area (Å²) in [5.74, 6) is 0.766. The minimum Gasteiger partial charge on any atom is -0.342 e. The number of aryl methyl sites for hydroxylation is 1. The summed E-state index contributed by atoms with van der Waals surface area (Å²) in [6.07, 6.45) is 4.75. The topological polar surface area (TPSA) is 52.2 Å². The molecule has 0 radical (unpaired) electrons. The summed E-state index contributed by atoms with van der Waals surface area (Å²) in [7, 11) is 0. The lowest BCUT2D eigenvalue weighted by atomic mass is 10.1. The second-order valence-electron chi connectivity index (χ2n) is 9.02. The second kappa shape index (κ2) is 9.62. The number of hydrogen-bond acceptors (Lipinski definition) is 3. The molecule has 0 amide bonds. The first-order valence-electron chi connectivity index (χ1n) is 11.8. The van der Waals surface area contributed by atoms with Crippen molar-refractivity contribution in [3.8, 4) is 0 Å². The highest BCUT2D eigenvalue weighted by molar-refractivity contribution is 9.10. The molecule has 2 aromatic heterocycles. The van der Waals surface area contributed by atoms with Crippen molar-refractivity contribution in [3.05, 3.63) is 110 Å². The summed E-state index contributed by atoms with van der Waals surface area (Å²) in [6.45, 7) is 7.04. The van der Waals surface area contributed by atoms with Gasteiger partial charge < -0.3 is 4.57 Å². The molecule has 0 spiro atoms. The van der Waals surface area contributed by atoms with Gasteiger partial charge in [-0.25, -0.2) is 4.98 Å². The zero-order chi connectivity index (χ0) is 24.5. The van der Waals surface area contributed by atoms with Crippen LogP contribution in [0.25, 0.3) is 21.8 Å². The lowest BCUT2D eigenvalue weighted by Crippen LogP contribution is -2.23. The molecule has 5 rings (SSSR count). The van der Waals surface area contributed by atoms with Gasteiger partial charge in [0.05, 0.1) is 17.1 Å². The molecule has 0 N–H and O–H groups in total. The van der Waals surface area contributed by atoms with Gasteiger partial charge >= 0.3 is 0 Å². The maximum atomic E-state index is 13.5. The van der Waals surface area contributed by atoms with Crippen LogP contribution in [0.1, 0.15) is 48.7 Å². The molecular formula is C29H27BrN4O. The van der Waals surface area contributed by atoms with Crippen LogP contribution in [-0.2, 0) is 6.54 Å². The molecule has 2 heterocycles. The largest absolute Gasteiger partial charge is 0.342 e. The molecule has 3 aromatic carbocycles. The van der Waals surface area contributed by atoms with Gasteiger partial charge in [-0.2, -0.15) is 9.78 Å². The summed E-state index contributed by atoms with van der Waals surface area (Å²) < 4.78 is 4.55. The number of nitrogens with zero attached hydrogens (tertiary/aromatic N) is 4. The van der Waals surface area contributed by atoms with Gasteiger partial charge in [0.15, 0.2) is 0 Å². The van der Waals surface area contributed by atoms with Crippen LogP contribution in [0.3, 0.4) is 0 Å². The molecule has 0 unspecified atom stereocenters. The Morgan fingerprint density at radius 3 is 2.69 bits per heavy atom. The van der Waals surface area contributed by atoms with Gasteiger partial charge in [0.1, 0.15) is 5.82 Å². The van der Waals surface area contributed by atoms with E-state index in [4.69, 9.17) is 10.1 Å². The fraction of sp³-hybridized carbons (Fsp3) is 0.207. The molecule has 0 aliphatic rings. The molecule has 0 aliphatic heterocycles. The quantitative estimate of drug-likeness (QED) is 0.227. The molecule has 5 nitrogen and oxygen atoms in total. The monoisotopic (exact) mass is 526 g/mol. The highest BCUT2D eigenvalue weighted by atomic mass is 79.9. The Hall–Kier alpha value is -3.51. The van der Waals surface area contributed by atoms with E-state index in [1.54, 1.807) is 6.21 Å². The summed E-state index contributed by atoms with van der Waals surface area (Å²) in [5.41, 5.74) is 5.11. The fourth-order valence-corrected chi connectivity index (χ4v) is 4.78. The van der Waals surface area contributed by atoms with E-state index in [9.17, 15) is 4.79 Å². The molecule has 35 heavy (non-hydrogen) atoms. The van der Waals surface area contributed by atoms with Crippen molar-refractivity contribution >= 4 is 44.0 Å². The first-order valence-corrected chi connectivity index (χ1v) is 12.6. The van der Waals surface area contributed by atoms with Crippen LogP contribution < -0.4 is 5.56 Å². The van der Waals surface area contributed by atoms with Gasteiger partial charge in [-0.15, -0.1) is 0 Å². The van der Waals surface area contributed by atoms with E-state index in [0.29, 0.717) is 16.7 Å². The Morgan fingerprint density at radius 1 is 1.06 bits per heavy atom. The van der Waals surface area contributed by atoms with Gasteiger partial charge in [-0.05, 0) is 43.2 Å². The van der Waals surface area contributed by atoms with Gasteiger partial charge in [0.25, 0.3) is 5.56 Å². The van der Waals surface area contributed by atoms with Crippen LogP contribution in [-0.4, -0.2) is 20.4 Å². The lowest BCUT2D eigenvalue weighted by Gasteiger charge is -2.13. The zero-order valence-electron chi connectivity index (χ0n) is 20.1. The third-order valence-electron chi connectivity index (χ3n) is 6.45. The van der Waals surface area contributed by atoms with Crippen molar-refractivity contribution in [2.45, 2.75) is 39.7 Å². The van der Waals surface area contributed by atoms with Gasteiger partial charge in [0, 0.05) is 39.6 Å². The number of fused-ring (bicyclic) bond motifs is 2. The van der Waals surface area contributed by atoms with Crippen LogP contribution in [0.15, 0.2) is 87.3 Å². The molecular weight excluding hydrogens is 500 g/mol. The smallest absolute Gasteiger partial charge is 0.282 e. The second-order valence-corrected chi connectivity index (χ2v) is 9.94. The van der Waals surface area contributed by atoms with Gasteiger partial charge in [-0.3, -0.25) is 4.79 Å². The third-order valence-corrected chi connectivity index (χ3v) is 6.95. The number of halogens is 1. The van der Waals surface area contributed by atoms with E-state index >= 15 is 0 Å². The van der Waals surface area contributed by atoms with Crippen molar-refractivity contribution in [1.29, 1.82) is 0 Å². The summed E-state index contributed by atoms with van der Waals surface area (Å²) in [5, 5.41) is 6.34. The van der Waals surface area contributed by atoms with Crippen molar-refractivity contribution in [2.24, 2.45) is 5.10 Å². The van der Waals surface area contributed by atoms with E-state index in [1.807, 2.05) is 30.3 Å². The molecule has 0 saturated heterocycles. The molecule has 1 atom stereocenters. The number of hydrogen-bond donors (Lipinski definition) is 0. The lowest BCUT2D eigenvalue weighted by molar-refractivity contribution is 0.613. The summed E-state index contributed by atoms with van der Waals surface area (Å²) in [6, 6.07) is 22.4. The third kappa shape index (κ3) is 4.58. The number of benzene rings is 3. The van der Waals surface area contributed by atoms with Crippen molar-refractivity contribution in [1.82, 2.24) is 14.2 Å². The maximum absolute atomic E-state index is 13.5. The fourth-order valence-electron chi connectivity index (χ4n) is 4.42. The first-order chi connectivity index (χ1) is 16.9. The highest BCUT2D eigenvalue weighted by Crippen LogP contribution is 2.23. The number of aromatic nitrogens is 3. The minimum atomic E-state index is -0.161. The van der Waals surface area contributed by atoms with E-state index in [1.165, 1.54) is 15.8 Å². The molecule has 0 fully saturated rings. The van der Waals surface area contributed by atoms with E-state index in [0.717, 1.165) is 33.9 Å². The highest BCUT2D eigenvalue weighted by Gasteiger charge is 2.16. The number of rotatable bonds is 6. The van der Waals surface area contributed by atoms with E-state index in [2.05, 4.69) is 83.9 Å². The zero-order valence-corrected chi connectivity index (χ0v) is 21.7. The van der Waals surface area contributed by atoms with Crippen molar-refractivity contribution in [3.63, 3.8) is 0 Å². The van der Waals surface area contributed by atoms with Gasteiger partial charge in [-0.1, -0.05) is 77.8 Å². The van der Waals surface area contributed by atoms with Crippen LogP contribution >= 0.6 is 15.9 Å². The van der Waals surface area contributed by atoms with Crippen LogP contribution in [0.4, 0.5) is 0 Å². The standard InChI is InChI=1S/C29H27BrN4O/c1-4-20(3)28-32-26-13-12-23(30)15-25(26)29(35)34(28)31-16-22-18-33(27-11-6-5-10-24(22)27)17-21-9-7-8-19(2)14-21/h5-16,18,20H,4,17H2,1-3H3/t20-/m0/s1. The summed E-state index contributed by atoms with van der Waals surface area (Å²) >= 11 is 3.47. The Morgan fingerprint density at radius 2 is 1.89 bits per heavy atom. The van der Waals surface area contributed by atoms with Gasteiger partial charge in [0.2, 0.25) is 0 Å². The SMILES string of the molecule is CC[C@H](C)c1nc2ccc(Br)cc2c(=O)n1N=Cc1cn(Cc2cccc(C)c2)c2ccccc12.